The monoisotopic (exact) mass is 253 g/mol. The number of aromatic nitrogens is 1. The van der Waals surface area contributed by atoms with E-state index in [1.54, 1.807) is 7.11 Å². The average molecular weight is 253 g/mol. The van der Waals surface area contributed by atoms with Crippen molar-refractivity contribution in [1.82, 2.24) is 4.98 Å². The van der Waals surface area contributed by atoms with Gasteiger partial charge in [-0.15, -0.1) is 0 Å². The van der Waals surface area contributed by atoms with Crippen LogP contribution in [0.3, 0.4) is 0 Å². The van der Waals surface area contributed by atoms with Gasteiger partial charge in [0, 0.05) is 19.6 Å². The number of hydrogen-bond acceptors (Lipinski definition) is 5. The molecule has 0 spiro atoms. The lowest BCUT2D eigenvalue weighted by Gasteiger charge is -2.22. The quantitative estimate of drug-likeness (QED) is 0.786. The summed E-state index contributed by atoms with van der Waals surface area (Å²) in [5.74, 6) is -0.276. The van der Waals surface area contributed by atoms with Crippen LogP contribution in [0.25, 0.3) is 0 Å². The van der Waals surface area contributed by atoms with Crippen molar-refractivity contribution in [1.29, 1.82) is 0 Å². The first kappa shape index (κ1) is 14.2. The zero-order chi connectivity index (χ0) is 13.8. The number of hydrogen-bond donors (Lipinski definition) is 2. The van der Waals surface area contributed by atoms with Crippen LogP contribution in [0, 0.1) is 0 Å². The lowest BCUT2D eigenvalue weighted by molar-refractivity contribution is 0.00507. The van der Waals surface area contributed by atoms with E-state index in [9.17, 15) is 4.79 Å². The molecule has 1 aromatic rings. The number of ether oxygens (including phenoxy) is 2. The Morgan fingerprint density at radius 1 is 1.50 bits per heavy atom. The van der Waals surface area contributed by atoms with Gasteiger partial charge in [-0.25, -0.2) is 4.98 Å². The van der Waals surface area contributed by atoms with Crippen molar-refractivity contribution in [3.63, 3.8) is 0 Å². The first-order chi connectivity index (χ1) is 8.35. The second-order valence-electron chi connectivity index (χ2n) is 4.54. The molecule has 0 aromatic carbocycles. The largest absolute Gasteiger partial charge is 0.478 e. The fraction of sp³-hybridized carbons (Fsp3) is 0.500. The summed E-state index contributed by atoms with van der Waals surface area (Å²) in [5.41, 5.74) is 10.9. The highest BCUT2D eigenvalue weighted by Gasteiger charge is 2.16. The minimum Gasteiger partial charge on any atom is -0.478 e. The molecular formula is C12H19N3O3. The highest BCUT2D eigenvalue weighted by molar-refractivity contribution is 5.97. The molecular weight excluding hydrogens is 234 g/mol. The molecule has 100 valence electrons. The van der Waals surface area contributed by atoms with Gasteiger partial charge in [-0.1, -0.05) is 0 Å². The van der Waals surface area contributed by atoms with Crippen LogP contribution in [0.5, 0.6) is 5.88 Å². The number of amides is 1. The van der Waals surface area contributed by atoms with Crippen molar-refractivity contribution in [2.75, 3.05) is 19.5 Å². The molecule has 0 fully saturated rings. The third-order valence-corrected chi connectivity index (χ3v) is 2.68. The zero-order valence-electron chi connectivity index (χ0n) is 10.9. The van der Waals surface area contributed by atoms with Crippen molar-refractivity contribution in [3.8, 4) is 5.88 Å². The number of pyridine rings is 1. The summed E-state index contributed by atoms with van der Waals surface area (Å²) in [6.07, 6.45) is 2.05. The third kappa shape index (κ3) is 3.89. The predicted octanol–water partition coefficient (Wildman–Crippen LogP) is 0.957. The van der Waals surface area contributed by atoms with Gasteiger partial charge >= 0.3 is 0 Å². The van der Waals surface area contributed by atoms with Gasteiger partial charge in [-0.2, -0.15) is 0 Å². The van der Waals surface area contributed by atoms with E-state index in [4.69, 9.17) is 20.9 Å². The number of rotatable bonds is 6. The van der Waals surface area contributed by atoms with Gasteiger partial charge in [0.1, 0.15) is 0 Å². The van der Waals surface area contributed by atoms with Crippen molar-refractivity contribution < 1.29 is 14.3 Å². The van der Waals surface area contributed by atoms with Crippen LogP contribution in [0.15, 0.2) is 12.3 Å². The average Bonchev–Trinajstić information content (AvgIpc) is 2.31. The minimum absolute atomic E-state index is 0.214. The Morgan fingerprint density at radius 3 is 2.72 bits per heavy atom. The number of nitrogens with zero attached hydrogens (tertiary/aromatic N) is 1. The molecule has 0 bridgehead atoms. The Bertz CT molecular complexity index is 433. The Morgan fingerprint density at radius 2 is 2.17 bits per heavy atom. The number of nitrogen functional groups attached to an aromatic ring is 1. The second-order valence-corrected chi connectivity index (χ2v) is 4.54. The number of methoxy groups -OCH3 is 1. The second kappa shape index (κ2) is 5.68. The highest BCUT2D eigenvalue weighted by Crippen LogP contribution is 2.18. The standard InChI is InChI=1S/C12H19N3O3/c1-12(2,17-3)4-5-18-10-6-8(11(14)16)9(13)7-15-10/h6-7H,4-5,13H2,1-3H3,(H2,14,16). The molecule has 0 atom stereocenters. The van der Waals surface area contributed by atoms with Crippen LogP contribution >= 0.6 is 0 Å². The van der Waals surface area contributed by atoms with E-state index in [1.165, 1.54) is 12.3 Å². The summed E-state index contributed by atoms with van der Waals surface area (Å²) in [6.45, 7) is 4.35. The number of primary amides is 1. The summed E-state index contributed by atoms with van der Waals surface area (Å²) in [7, 11) is 1.65. The van der Waals surface area contributed by atoms with E-state index in [2.05, 4.69) is 4.98 Å². The molecule has 1 aromatic heterocycles. The third-order valence-electron chi connectivity index (χ3n) is 2.68. The fourth-order valence-electron chi connectivity index (χ4n) is 1.24. The molecule has 1 amide bonds. The Balaban J connectivity index is 2.64. The molecule has 1 rings (SSSR count). The van der Waals surface area contributed by atoms with E-state index in [1.807, 2.05) is 13.8 Å². The van der Waals surface area contributed by atoms with Crippen LogP contribution in [0.2, 0.25) is 0 Å². The van der Waals surface area contributed by atoms with E-state index in [-0.39, 0.29) is 16.9 Å². The Hall–Kier alpha value is -1.82. The summed E-state index contributed by atoms with van der Waals surface area (Å²) in [6, 6.07) is 1.44. The lowest BCUT2D eigenvalue weighted by Crippen LogP contribution is -2.25. The predicted molar refractivity (Wildman–Crippen MR) is 68.4 cm³/mol. The van der Waals surface area contributed by atoms with Gasteiger partial charge in [0.05, 0.1) is 29.7 Å². The zero-order valence-corrected chi connectivity index (χ0v) is 10.9. The topological polar surface area (TPSA) is 100 Å². The van der Waals surface area contributed by atoms with Crippen LogP contribution in [-0.2, 0) is 4.74 Å². The number of nitrogens with two attached hydrogens (primary N) is 2. The molecule has 1 heterocycles. The first-order valence-corrected chi connectivity index (χ1v) is 5.59. The van der Waals surface area contributed by atoms with Gasteiger partial charge in [0.15, 0.2) is 0 Å². The molecule has 0 saturated heterocycles. The van der Waals surface area contributed by atoms with Gasteiger partial charge in [0.2, 0.25) is 5.88 Å². The van der Waals surface area contributed by atoms with Gasteiger partial charge in [-0.3, -0.25) is 4.79 Å². The lowest BCUT2D eigenvalue weighted by atomic mass is 10.1. The summed E-state index contributed by atoms with van der Waals surface area (Å²) < 4.78 is 10.7. The maximum atomic E-state index is 11.1. The van der Waals surface area contributed by atoms with E-state index in [0.717, 1.165) is 0 Å². The first-order valence-electron chi connectivity index (χ1n) is 5.59. The molecule has 0 radical (unpaired) electrons. The van der Waals surface area contributed by atoms with Crippen LogP contribution in [-0.4, -0.2) is 30.2 Å². The molecule has 4 N–H and O–H groups in total. The molecule has 6 nitrogen and oxygen atoms in total. The van der Waals surface area contributed by atoms with Crippen LogP contribution < -0.4 is 16.2 Å². The van der Waals surface area contributed by atoms with Gasteiger partial charge in [0.25, 0.3) is 5.91 Å². The molecule has 18 heavy (non-hydrogen) atoms. The van der Waals surface area contributed by atoms with Crippen LogP contribution in [0.1, 0.15) is 30.6 Å². The van der Waals surface area contributed by atoms with Crippen molar-refractivity contribution in [2.24, 2.45) is 5.73 Å². The van der Waals surface area contributed by atoms with Crippen LogP contribution in [0.4, 0.5) is 5.69 Å². The van der Waals surface area contributed by atoms with E-state index >= 15 is 0 Å². The number of carbonyl (C=O) groups is 1. The fourth-order valence-corrected chi connectivity index (χ4v) is 1.24. The summed E-state index contributed by atoms with van der Waals surface area (Å²) in [4.78, 5) is 15.1. The maximum Gasteiger partial charge on any atom is 0.251 e. The molecule has 0 aliphatic heterocycles. The summed E-state index contributed by atoms with van der Waals surface area (Å²) in [5, 5.41) is 0. The summed E-state index contributed by atoms with van der Waals surface area (Å²) >= 11 is 0. The SMILES string of the molecule is COC(C)(C)CCOc1cc(C(N)=O)c(N)cn1. The molecule has 6 heteroatoms. The maximum absolute atomic E-state index is 11.1. The smallest absolute Gasteiger partial charge is 0.251 e. The Kier molecular flexibility index (Phi) is 4.49. The molecule has 0 aliphatic carbocycles. The normalized spacial score (nSPS) is 11.3. The number of anilines is 1. The van der Waals surface area contributed by atoms with Crippen molar-refractivity contribution in [2.45, 2.75) is 25.9 Å². The van der Waals surface area contributed by atoms with Crippen molar-refractivity contribution in [3.05, 3.63) is 17.8 Å². The van der Waals surface area contributed by atoms with Gasteiger partial charge < -0.3 is 20.9 Å². The van der Waals surface area contributed by atoms with E-state index in [0.29, 0.717) is 18.9 Å². The molecule has 0 unspecified atom stereocenters. The van der Waals surface area contributed by atoms with Crippen molar-refractivity contribution >= 4 is 11.6 Å². The Labute approximate surface area is 106 Å². The highest BCUT2D eigenvalue weighted by atomic mass is 16.5. The molecule has 0 saturated carbocycles. The van der Waals surface area contributed by atoms with E-state index < -0.39 is 5.91 Å². The number of carbonyl (C=O) groups excluding carboxylic acids is 1. The van der Waals surface area contributed by atoms with Gasteiger partial charge in [-0.05, 0) is 13.8 Å². The minimum atomic E-state index is -0.600. The molecule has 0 aliphatic rings.